The molecule has 3 amide bonds. The van der Waals surface area contributed by atoms with Crippen LogP contribution in [0.1, 0.15) is 239 Å². The molecule has 0 spiro atoms. The lowest BCUT2D eigenvalue weighted by molar-refractivity contribution is -0.657. The number of aryl methyl sites for hydroxylation is 1. The van der Waals surface area contributed by atoms with Crippen LogP contribution in [0.4, 0.5) is 5.69 Å². The van der Waals surface area contributed by atoms with E-state index in [-0.39, 0.29) is 41.8 Å². The molecule has 3 aromatic heterocycles. The van der Waals surface area contributed by atoms with E-state index < -0.39 is 0 Å². The highest BCUT2D eigenvalue weighted by atomic mass is 16.5. The van der Waals surface area contributed by atoms with Gasteiger partial charge in [0.2, 0.25) is 5.69 Å². The molecule has 3 atom stereocenters. The summed E-state index contributed by atoms with van der Waals surface area (Å²) in [6.45, 7) is 5.72. The molecule has 17 nitrogen and oxygen atoms in total. The summed E-state index contributed by atoms with van der Waals surface area (Å²) < 4.78 is 28.2. The summed E-state index contributed by atoms with van der Waals surface area (Å²) in [4.78, 5) is 54.9. The average molecular weight is 1230 g/mol. The molecule has 484 valence electrons. The van der Waals surface area contributed by atoms with Crippen molar-refractivity contribution in [1.82, 2.24) is 35.3 Å². The Bertz CT molecular complexity index is 3300. The second-order valence-corrected chi connectivity index (χ2v) is 27.4. The first-order valence-corrected chi connectivity index (χ1v) is 35.0. The number of hydrogen-bond acceptors (Lipinski definition) is 10. The highest BCUT2D eigenvalue weighted by Crippen LogP contribution is 2.54. The normalized spacial score (nSPS) is 25.0. The van der Waals surface area contributed by atoms with Gasteiger partial charge in [-0.05, 0) is 209 Å². The first kappa shape index (κ1) is 63.4. The Morgan fingerprint density at radius 1 is 0.667 bits per heavy atom. The summed E-state index contributed by atoms with van der Waals surface area (Å²) in [7, 11) is 5.03. The number of nitrogens with zero attached hydrogens (tertiary/aromatic N) is 6. The number of carbonyl (C=O) groups is 4. The number of aromatic amines is 1. The van der Waals surface area contributed by atoms with Crippen LogP contribution in [0.3, 0.4) is 0 Å². The predicted molar refractivity (Wildman–Crippen MR) is 346 cm³/mol. The van der Waals surface area contributed by atoms with E-state index in [1.165, 1.54) is 108 Å². The standard InChI is InChI=1S/C25H37N3O.C24H35N3O4.C24H27N3O3/c29-25(26-23-19-11-17-10-18(13-19)14-20(23)12-17)24-21-8-4-5-9-22(21)28(27-24)15-16-6-2-1-3-7-16;1-3-31-24(29)17-12-7-8-14-19(17)25-23(28)21-18-13-9-15-20(30-2)22(18)27(26-21)16-10-5-4-6-11-16;1-4-26(21-11-7-8-12-22(21)30-3)24(28)23-19-9-5-6-10-20(19)25-27(23)17-13-15-18(29-2)16-14-17/h16-20,23H,1-15H2,(H,26,29);7-8,16-17,19-20H,3-6,9-15H2,1-2H3,(H,25,28);7-8,11-16H,4-6,9-10H2,1-3H3/p+1. The number of H-pyrrole nitrogens is 1. The Kier molecular flexibility index (Phi) is 20.6. The minimum Gasteiger partial charge on any atom is -0.497 e. The largest absolute Gasteiger partial charge is 0.497 e. The fraction of sp³-hybridized carbons (Fsp3) is 0.630. The van der Waals surface area contributed by atoms with Crippen molar-refractivity contribution in [2.75, 3.05) is 39.4 Å². The molecule has 3 heterocycles. The molecular formula is C73H100N9O8+. The minimum atomic E-state index is -0.350. The quantitative estimate of drug-likeness (QED) is 0.0487. The van der Waals surface area contributed by atoms with E-state index >= 15 is 0 Å². The van der Waals surface area contributed by atoms with Crippen LogP contribution in [0.5, 0.6) is 11.5 Å². The first-order valence-electron chi connectivity index (χ1n) is 35.0. The first-order chi connectivity index (χ1) is 44.0. The molecule has 5 aromatic rings. The SMILES string of the molecule is CCN(C(=O)c1c2c([nH][n+]1-c1ccc(OC)cc1)CCCC2)c1ccccc1OC.CCOC(=O)C1CC=CCC1NC(=O)c1nn(C2CCCCC2)c2c1CCCC2OC.O=C(NC1C2CC3CC(C2)CC1C3)c1nn(CC2CCCCC2)c2c1CCCC2. The van der Waals surface area contributed by atoms with Gasteiger partial charge in [-0.15, -0.1) is 0 Å². The van der Waals surface area contributed by atoms with E-state index in [2.05, 4.69) is 25.1 Å². The molecule has 6 saturated carbocycles. The van der Waals surface area contributed by atoms with Crippen LogP contribution < -0.4 is 29.7 Å². The van der Waals surface area contributed by atoms with Gasteiger partial charge in [-0.3, -0.25) is 33.4 Å². The number of carbonyl (C=O) groups excluding carboxylic acids is 4. The highest BCUT2D eigenvalue weighted by Gasteiger charge is 2.49. The fourth-order valence-electron chi connectivity index (χ4n) is 17.6. The molecule has 6 fully saturated rings. The summed E-state index contributed by atoms with van der Waals surface area (Å²) in [6, 6.07) is 15.9. The van der Waals surface area contributed by atoms with Gasteiger partial charge in [0.15, 0.2) is 11.4 Å². The number of rotatable bonds is 16. The van der Waals surface area contributed by atoms with Crippen molar-refractivity contribution in [3.05, 3.63) is 112 Å². The zero-order chi connectivity index (χ0) is 62.3. The van der Waals surface area contributed by atoms with Crippen molar-refractivity contribution in [2.45, 2.75) is 224 Å². The number of fused-ring (bicyclic) bond motifs is 3. The molecule has 17 heteroatoms. The number of aromatic nitrogens is 6. The third-order valence-corrected chi connectivity index (χ3v) is 21.9. The molecule has 10 aliphatic rings. The zero-order valence-corrected chi connectivity index (χ0v) is 54.4. The summed E-state index contributed by atoms with van der Waals surface area (Å²) in [5.74, 6) is 4.93. The third-order valence-electron chi connectivity index (χ3n) is 21.9. The fourth-order valence-corrected chi connectivity index (χ4v) is 17.6. The maximum Gasteiger partial charge on any atom is 0.326 e. The molecule has 0 radical (unpaired) electrons. The monoisotopic (exact) mass is 1230 g/mol. The molecule has 90 heavy (non-hydrogen) atoms. The molecule has 10 aliphatic carbocycles. The average Bonchev–Trinajstić information content (AvgIpc) is 1.37. The summed E-state index contributed by atoms with van der Waals surface area (Å²) in [5.41, 5.74) is 10.7. The number of allylic oxidation sites excluding steroid dienone is 1. The van der Waals surface area contributed by atoms with Crippen molar-refractivity contribution >= 4 is 29.4 Å². The molecular weight excluding hydrogens is 1130 g/mol. The second kappa shape index (κ2) is 29.2. The lowest BCUT2D eigenvalue weighted by Crippen LogP contribution is -2.56. The second-order valence-electron chi connectivity index (χ2n) is 27.4. The van der Waals surface area contributed by atoms with Gasteiger partial charge in [-0.1, -0.05) is 67.5 Å². The van der Waals surface area contributed by atoms with E-state index in [0.29, 0.717) is 55.2 Å². The van der Waals surface area contributed by atoms with Crippen LogP contribution >= 0.6 is 0 Å². The maximum absolute atomic E-state index is 13.9. The lowest BCUT2D eigenvalue weighted by atomic mass is 9.54. The van der Waals surface area contributed by atoms with Crippen molar-refractivity contribution in [3.63, 3.8) is 0 Å². The number of nitrogens with one attached hydrogen (secondary N) is 3. The Hall–Kier alpha value is -6.75. The van der Waals surface area contributed by atoms with Gasteiger partial charge in [-0.2, -0.15) is 15.3 Å². The number of ether oxygens (including phenoxy) is 4. The lowest BCUT2D eigenvalue weighted by Gasteiger charge is -2.54. The van der Waals surface area contributed by atoms with Gasteiger partial charge >= 0.3 is 17.6 Å². The maximum atomic E-state index is 13.9. The van der Waals surface area contributed by atoms with Crippen molar-refractivity contribution in [3.8, 4) is 17.2 Å². The van der Waals surface area contributed by atoms with Crippen LogP contribution in [0.2, 0.25) is 0 Å². The third kappa shape index (κ3) is 13.6. The van der Waals surface area contributed by atoms with Crippen LogP contribution in [0.15, 0.2) is 60.7 Å². The van der Waals surface area contributed by atoms with E-state index in [1.54, 1.807) is 33.2 Å². The number of amides is 3. The topological polar surface area (TPSA) is 188 Å². The van der Waals surface area contributed by atoms with Gasteiger partial charge in [0.05, 0.1) is 61.5 Å². The van der Waals surface area contributed by atoms with E-state index in [4.69, 9.17) is 29.1 Å². The zero-order valence-electron chi connectivity index (χ0n) is 54.4. The Morgan fingerprint density at radius 3 is 2.02 bits per heavy atom. The summed E-state index contributed by atoms with van der Waals surface area (Å²) in [5, 5.41) is 20.0. The Morgan fingerprint density at radius 2 is 1.32 bits per heavy atom. The van der Waals surface area contributed by atoms with Crippen molar-refractivity contribution < 1.29 is 42.8 Å². The van der Waals surface area contributed by atoms with Crippen LogP contribution in [0.25, 0.3) is 5.69 Å². The summed E-state index contributed by atoms with van der Waals surface area (Å²) in [6.07, 6.45) is 36.3. The molecule has 4 bridgehead atoms. The number of benzene rings is 2. The van der Waals surface area contributed by atoms with Gasteiger partial charge < -0.3 is 29.6 Å². The number of para-hydroxylation sites is 2. The van der Waals surface area contributed by atoms with Gasteiger partial charge in [0.25, 0.3) is 11.8 Å². The summed E-state index contributed by atoms with van der Waals surface area (Å²) >= 11 is 0. The Balaban J connectivity index is 0.000000131. The van der Waals surface area contributed by atoms with Crippen LogP contribution in [-0.4, -0.2) is 94.9 Å². The van der Waals surface area contributed by atoms with Crippen molar-refractivity contribution in [2.24, 2.45) is 35.5 Å². The van der Waals surface area contributed by atoms with Gasteiger partial charge in [0.1, 0.15) is 11.5 Å². The van der Waals surface area contributed by atoms with Crippen molar-refractivity contribution in [1.29, 1.82) is 0 Å². The van der Waals surface area contributed by atoms with E-state index in [0.717, 1.165) is 152 Å². The number of anilines is 1. The highest BCUT2D eigenvalue weighted by molar-refractivity contribution is 6.06. The molecule has 2 aromatic carbocycles. The molecule has 3 unspecified atom stereocenters. The van der Waals surface area contributed by atoms with Crippen LogP contribution in [0, 0.1) is 35.5 Å². The molecule has 0 aliphatic heterocycles. The predicted octanol–water partition coefficient (Wildman–Crippen LogP) is 12.8. The molecule has 15 rings (SSSR count). The van der Waals surface area contributed by atoms with Gasteiger partial charge in [0, 0.05) is 61.2 Å². The van der Waals surface area contributed by atoms with E-state index in [1.807, 2.05) is 72.3 Å². The minimum absolute atomic E-state index is 0.00961. The molecule has 3 N–H and O–H groups in total. The molecule has 0 saturated heterocycles. The number of esters is 1. The Labute approximate surface area is 533 Å². The van der Waals surface area contributed by atoms with E-state index in [9.17, 15) is 19.2 Å². The van der Waals surface area contributed by atoms with Gasteiger partial charge in [-0.25, -0.2) is 0 Å². The number of hydrogen-bond donors (Lipinski definition) is 3. The smallest absolute Gasteiger partial charge is 0.326 e. The number of methoxy groups -OCH3 is 3. The van der Waals surface area contributed by atoms with Crippen LogP contribution in [-0.2, 0) is 52.9 Å².